The molecule has 126 valence electrons. The maximum atomic E-state index is 12.4. The van der Waals surface area contributed by atoms with E-state index in [9.17, 15) is 9.90 Å². The largest absolute Gasteiger partial charge is 0.393 e. The van der Waals surface area contributed by atoms with Crippen LogP contribution in [0.2, 0.25) is 5.15 Å². The standard InChI is InChI=1S/C18H20ClN3O2/c19-17-7-3-6-16(20-17)18(24)21-15-5-2-1-4-13(15)12-22-10-8-14(23)9-11-22/h1-7,14,23H,8-12H2,(H,21,24). The molecule has 0 spiro atoms. The topological polar surface area (TPSA) is 65.5 Å². The second-order valence-electron chi connectivity index (χ2n) is 5.96. The van der Waals surface area contributed by atoms with Crippen LogP contribution < -0.4 is 5.32 Å². The Kier molecular flexibility index (Phi) is 5.45. The molecule has 0 saturated carbocycles. The van der Waals surface area contributed by atoms with Gasteiger partial charge in [-0.25, -0.2) is 4.98 Å². The number of amides is 1. The zero-order valence-electron chi connectivity index (χ0n) is 13.3. The van der Waals surface area contributed by atoms with Crippen molar-refractivity contribution in [3.8, 4) is 0 Å². The van der Waals surface area contributed by atoms with E-state index in [0.717, 1.165) is 43.7 Å². The minimum atomic E-state index is -0.279. The molecule has 2 N–H and O–H groups in total. The molecule has 1 aliphatic heterocycles. The van der Waals surface area contributed by atoms with Crippen LogP contribution >= 0.6 is 11.6 Å². The van der Waals surface area contributed by atoms with E-state index in [0.29, 0.717) is 10.8 Å². The van der Waals surface area contributed by atoms with E-state index in [2.05, 4.69) is 15.2 Å². The van der Waals surface area contributed by atoms with Gasteiger partial charge in [0, 0.05) is 25.3 Å². The average Bonchev–Trinajstić information content (AvgIpc) is 2.58. The van der Waals surface area contributed by atoms with Crippen molar-refractivity contribution in [2.24, 2.45) is 0 Å². The molecule has 1 saturated heterocycles. The molecule has 1 aromatic heterocycles. The molecular weight excluding hydrogens is 326 g/mol. The molecular formula is C18H20ClN3O2. The van der Waals surface area contributed by atoms with Gasteiger partial charge in [-0.05, 0) is 36.6 Å². The van der Waals surface area contributed by atoms with E-state index in [1.54, 1.807) is 18.2 Å². The highest BCUT2D eigenvalue weighted by Crippen LogP contribution is 2.20. The number of benzene rings is 1. The maximum Gasteiger partial charge on any atom is 0.274 e. The molecule has 24 heavy (non-hydrogen) atoms. The molecule has 3 rings (SSSR count). The third kappa shape index (κ3) is 4.32. The minimum absolute atomic E-state index is 0.190. The molecule has 1 fully saturated rings. The molecule has 1 aromatic carbocycles. The summed E-state index contributed by atoms with van der Waals surface area (Å²) in [4.78, 5) is 18.7. The number of nitrogens with zero attached hydrogens (tertiary/aromatic N) is 2. The Labute approximate surface area is 146 Å². The molecule has 1 amide bonds. The monoisotopic (exact) mass is 345 g/mol. The van der Waals surface area contributed by atoms with Crippen molar-refractivity contribution in [2.75, 3.05) is 18.4 Å². The van der Waals surface area contributed by atoms with Crippen LogP contribution in [0.15, 0.2) is 42.5 Å². The lowest BCUT2D eigenvalue weighted by molar-refractivity contribution is 0.0793. The van der Waals surface area contributed by atoms with E-state index < -0.39 is 0 Å². The van der Waals surface area contributed by atoms with Crippen LogP contribution in [0.4, 0.5) is 5.69 Å². The van der Waals surface area contributed by atoms with Crippen LogP contribution in [0.3, 0.4) is 0 Å². The van der Waals surface area contributed by atoms with Crippen molar-refractivity contribution in [1.29, 1.82) is 0 Å². The Bertz CT molecular complexity index is 715. The normalized spacial score (nSPS) is 16.1. The number of carbonyl (C=O) groups excluding carboxylic acids is 1. The Morgan fingerprint density at radius 2 is 1.96 bits per heavy atom. The summed E-state index contributed by atoms with van der Waals surface area (Å²) >= 11 is 5.85. The molecule has 5 nitrogen and oxygen atoms in total. The first kappa shape index (κ1) is 16.9. The van der Waals surface area contributed by atoms with Gasteiger partial charge in [0.2, 0.25) is 0 Å². The van der Waals surface area contributed by atoms with Gasteiger partial charge >= 0.3 is 0 Å². The Morgan fingerprint density at radius 3 is 2.71 bits per heavy atom. The van der Waals surface area contributed by atoms with Crippen LogP contribution in [0.5, 0.6) is 0 Å². The predicted octanol–water partition coefficient (Wildman–Crippen LogP) is 2.94. The van der Waals surface area contributed by atoms with Gasteiger partial charge in [-0.3, -0.25) is 9.69 Å². The summed E-state index contributed by atoms with van der Waals surface area (Å²) in [5.74, 6) is -0.279. The number of anilines is 1. The quantitative estimate of drug-likeness (QED) is 0.836. The molecule has 1 aliphatic rings. The smallest absolute Gasteiger partial charge is 0.274 e. The summed E-state index contributed by atoms with van der Waals surface area (Å²) in [6, 6.07) is 12.7. The van der Waals surface area contributed by atoms with Gasteiger partial charge < -0.3 is 10.4 Å². The van der Waals surface area contributed by atoms with Crippen LogP contribution in [-0.4, -0.2) is 40.1 Å². The molecule has 0 unspecified atom stereocenters. The number of carbonyl (C=O) groups is 1. The molecule has 6 heteroatoms. The van der Waals surface area contributed by atoms with Crippen molar-refractivity contribution in [1.82, 2.24) is 9.88 Å². The van der Waals surface area contributed by atoms with Crippen molar-refractivity contribution < 1.29 is 9.90 Å². The number of aromatic nitrogens is 1. The summed E-state index contributed by atoms with van der Waals surface area (Å²) in [6.07, 6.45) is 1.40. The fourth-order valence-electron chi connectivity index (χ4n) is 2.82. The van der Waals surface area contributed by atoms with Crippen LogP contribution in [0.1, 0.15) is 28.9 Å². The van der Waals surface area contributed by atoms with Gasteiger partial charge in [-0.15, -0.1) is 0 Å². The second-order valence-corrected chi connectivity index (χ2v) is 6.35. The van der Waals surface area contributed by atoms with E-state index in [-0.39, 0.29) is 12.0 Å². The minimum Gasteiger partial charge on any atom is -0.393 e. The summed E-state index contributed by atoms with van der Waals surface area (Å²) in [5.41, 5.74) is 2.11. The lowest BCUT2D eigenvalue weighted by Gasteiger charge is -2.30. The Balaban J connectivity index is 1.71. The van der Waals surface area contributed by atoms with E-state index in [4.69, 9.17) is 11.6 Å². The number of hydrogen-bond donors (Lipinski definition) is 2. The molecule has 0 atom stereocenters. The first-order valence-corrected chi connectivity index (χ1v) is 8.42. The summed E-state index contributed by atoms with van der Waals surface area (Å²) in [5, 5.41) is 12.8. The lowest BCUT2D eigenvalue weighted by Crippen LogP contribution is -2.35. The molecule has 2 aromatic rings. The van der Waals surface area contributed by atoms with Gasteiger partial charge in [-0.2, -0.15) is 0 Å². The second kappa shape index (κ2) is 7.75. The van der Waals surface area contributed by atoms with E-state index in [1.165, 1.54) is 0 Å². The predicted molar refractivity (Wildman–Crippen MR) is 94.2 cm³/mol. The van der Waals surface area contributed by atoms with Crippen molar-refractivity contribution in [2.45, 2.75) is 25.5 Å². The van der Waals surface area contributed by atoms with E-state index in [1.807, 2.05) is 24.3 Å². The SMILES string of the molecule is O=C(Nc1ccccc1CN1CCC(O)CC1)c1cccc(Cl)n1. The van der Waals surface area contributed by atoms with Crippen molar-refractivity contribution >= 4 is 23.2 Å². The number of piperidine rings is 1. The number of aliphatic hydroxyl groups excluding tert-OH is 1. The maximum absolute atomic E-state index is 12.4. The summed E-state index contributed by atoms with van der Waals surface area (Å²) in [6.45, 7) is 2.46. The van der Waals surface area contributed by atoms with Crippen LogP contribution in [0, 0.1) is 0 Å². The van der Waals surface area contributed by atoms with E-state index >= 15 is 0 Å². The highest BCUT2D eigenvalue weighted by Gasteiger charge is 2.18. The number of nitrogens with one attached hydrogen (secondary N) is 1. The highest BCUT2D eigenvalue weighted by atomic mass is 35.5. The first-order valence-electron chi connectivity index (χ1n) is 8.04. The number of likely N-dealkylation sites (tertiary alicyclic amines) is 1. The third-order valence-electron chi connectivity index (χ3n) is 4.16. The van der Waals surface area contributed by atoms with Gasteiger partial charge in [0.15, 0.2) is 0 Å². The average molecular weight is 346 g/mol. The fourth-order valence-corrected chi connectivity index (χ4v) is 2.98. The number of halogens is 1. The van der Waals surface area contributed by atoms with Crippen molar-refractivity contribution in [3.05, 3.63) is 58.9 Å². The van der Waals surface area contributed by atoms with Gasteiger partial charge in [-0.1, -0.05) is 35.9 Å². The van der Waals surface area contributed by atoms with Crippen LogP contribution in [-0.2, 0) is 6.54 Å². The van der Waals surface area contributed by atoms with Crippen LogP contribution in [0.25, 0.3) is 0 Å². The van der Waals surface area contributed by atoms with Gasteiger partial charge in [0.05, 0.1) is 6.10 Å². The Hall–Kier alpha value is -1.95. The molecule has 0 bridgehead atoms. The first-order chi connectivity index (χ1) is 11.6. The van der Waals surface area contributed by atoms with Gasteiger partial charge in [0.1, 0.15) is 10.8 Å². The third-order valence-corrected chi connectivity index (χ3v) is 4.37. The lowest BCUT2D eigenvalue weighted by atomic mass is 10.1. The molecule has 0 aliphatic carbocycles. The summed E-state index contributed by atoms with van der Waals surface area (Å²) in [7, 11) is 0. The zero-order valence-corrected chi connectivity index (χ0v) is 14.0. The number of hydrogen-bond acceptors (Lipinski definition) is 4. The molecule has 2 heterocycles. The fraction of sp³-hybridized carbons (Fsp3) is 0.333. The number of aliphatic hydroxyl groups is 1. The number of rotatable bonds is 4. The number of pyridine rings is 1. The zero-order chi connectivity index (χ0) is 16.9. The highest BCUT2D eigenvalue weighted by molar-refractivity contribution is 6.29. The number of para-hydroxylation sites is 1. The summed E-state index contributed by atoms with van der Waals surface area (Å²) < 4.78 is 0. The van der Waals surface area contributed by atoms with Gasteiger partial charge in [0.25, 0.3) is 5.91 Å². The Morgan fingerprint density at radius 1 is 1.21 bits per heavy atom. The molecule has 0 radical (unpaired) electrons. The van der Waals surface area contributed by atoms with Crippen molar-refractivity contribution in [3.63, 3.8) is 0 Å².